The second kappa shape index (κ2) is 8.88. The first-order valence-electron chi connectivity index (χ1n) is 8.24. The summed E-state index contributed by atoms with van der Waals surface area (Å²) in [5, 5.41) is 12.4. The van der Waals surface area contributed by atoms with E-state index in [0.29, 0.717) is 25.9 Å². The Labute approximate surface area is 148 Å². The Balaban J connectivity index is 1.72. The van der Waals surface area contributed by atoms with E-state index in [1.807, 2.05) is 35.6 Å². The van der Waals surface area contributed by atoms with Gasteiger partial charge in [0.2, 0.25) is 5.91 Å². The second-order valence-electron chi connectivity index (χ2n) is 6.12. The molecule has 1 aromatic rings. The van der Waals surface area contributed by atoms with Crippen LogP contribution >= 0.6 is 0 Å². The number of benzene rings is 1. The molecule has 0 radical (unpaired) electrons. The summed E-state index contributed by atoms with van der Waals surface area (Å²) in [5.74, 6) is -0.382. The maximum atomic E-state index is 12.0. The maximum Gasteiger partial charge on any atom is 0.422 e. The van der Waals surface area contributed by atoms with E-state index in [-0.39, 0.29) is 5.92 Å². The van der Waals surface area contributed by atoms with E-state index in [1.54, 1.807) is 0 Å². The average Bonchev–Trinajstić information content (AvgIpc) is 2.64. The van der Waals surface area contributed by atoms with E-state index in [1.165, 1.54) is 4.90 Å². The molecule has 6 nitrogen and oxygen atoms in total. The molecule has 1 saturated heterocycles. The number of carbonyl (C=O) groups excluding carboxylic acids is 2. The second-order valence-corrected chi connectivity index (χ2v) is 6.12. The van der Waals surface area contributed by atoms with Crippen molar-refractivity contribution in [3.63, 3.8) is 0 Å². The molecule has 144 valence electrons. The lowest BCUT2D eigenvalue weighted by Crippen LogP contribution is -2.45. The number of aliphatic hydroxyl groups excluding tert-OH is 1. The summed E-state index contributed by atoms with van der Waals surface area (Å²) in [5.41, 5.74) is 0.825. The number of hydrogen-bond donors (Lipinski definition) is 2. The molecule has 1 heterocycles. The van der Waals surface area contributed by atoms with Gasteiger partial charge in [0.05, 0.1) is 6.10 Å². The smallest absolute Gasteiger partial charge is 0.422 e. The Morgan fingerprint density at radius 1 is 1.23 bits per heavy atom. The summed E-state index contributed by atoms with van der Waals surface area (Å²) in [4.78, 5) is 24.7. The van der Waals surface area contributed by atoms with Crippen LogP contribution < -0.4 is 5.32 Å². The standard InChI is InChI=1S/C17H21F3N2O4/c18-17(19,20)11-26-16(25)21-10-14(23)22-8-6-13(7-9-22)15(24)12-4-2-1-3-5-12/h1-5,13,15,24H,6-11H2,(H,21,25). The molecule has 9 heteroatoms. The van der Waals surface area contributed by atoms with Crippen LogP contribution in [0.2, 0.25) is 0 Å². The van der Waals surface area contributed by atoms with E-state index >= 15 is 0 Å². The molecule has 0 aliphatic carbocycles. The van der Waals surface area contributed by atoms with Gasteiger partial charge in [-0.25, -0.2) is 4.79 Å². The van der Waals surface area contributed by atoms with Gasteiger partial charge in [-0.1, -0.05) is 30.3 Å². The summed E-state index contributed by atoms with van der Waals surface area (Å²) in [6.07, 6.45) is -5.31. The number of hydrogen-bond acceptors (Lipinski definition) is 4. The Morgan fingerprint density at radius 3 is 2.42 bits per heavy atom. The molecule has 2 amide bonds. The molecule has 2 rings (SSSR count). The van der Waals surface area contributed by atoms with Gasteiger partial charge in [0.25, 0.3) is 0 Å². The quantitative estimate of drug-likeness (QED) is 0.829. The molecule has 1 aliphatic rings. The molecule has 0 aromatic heterocycles. The Hall–Kier alpha value is -2.29. The van der Waals surface area contributed by atoms with Gasteiger partial charge in [-0.05, 0) is 24.3 Å². The first-order valence-corrected chi connectivity index (χ1v) is 8.24. The van der Waals surface area contributed by atoms with Crippen molar-refractivity contribution in [3.8, 4) is 0 Å². The highest BCUT2D eigenvalue weighted by atomic mass is 19.4. The zero-order valence-electron chi connectivity index (χ0n) is 14.0. The fraction of sp³-hybridized carbons (Fsp3) is 0.529. The van der Waals surface area contributed by atoms with Gasteiger partial charge in [0.15, 0.2) is 6.61 Å². The van der Waals surface area contributed by atoms with Crippen LogP contribution in [0.1, 0.15) is 24.5 Å². The van der Waals surface area contributed by atoms with Gasteiger partial charge >= 0.3 is 12.3 Å². The molecule has 1 aliphatic heterocycles. The van der Waals surface area contributed by atoms with Gasteiger partial charge in [0, 0.05) is 13.1 Å². The van der Waals surface area contributed by atoms with E-state index in [2.05, 4.69) is 4.74 Å². The summed E-state index contributed by atoms with van der Waals surface area (Å²) >= 11 is 0. The van der Waals surface area contributed by atoms with Crippen molar-refractivity contribution in [3.05, 3.63) is 35.9 Å². The minimum atomic E-state index is -4.61. The number of rotatable bonds is 5. The normalized spacial score (nSPS) is 16.8. The molecule has 2 N–H and O–H groups in total. The molecule has 0 spiro atoms. The lowest BCUT2D eigenvalue weighted by molar-refractivity contribution is -0.160. The largest absolute Gasteiger partial charge is 0.440 e. The Morgan fingerprint density at radius 2 is 1.85 bits per heavy atom. The number of aliphatic hydroxyl groups is 1. The van der Waals surface area contributed by atoms with Crippen molar-refractivity contribution >= 4 is 12.0 Å². The van der Waals surface area contributed by atoms with Crippen LogP contribution in [-0.2, 0) is 9.53 Å². The lowest BCUT2D eigenvalue weighted by Gasteiger charge is -2.34. The third-order valence-corrected chi connectivity index (χ3v) is 4.23. The number of nitrogens with one attached hydrogen (secondary N) is 1. The molecule has 1 atom stereocenters. The molecular formula is C17H21F3N2O4. The number of alkyl carbamates (subject to hydrolysis) is 1. The molecule has 0 saturated carbocycles. The third-order valence-electron chi connectivity index (χ3n) is 4.23. The van der Waals surface area contributed by atoms with Gasteiger partial charge in [-0.3, -0.25) is 4.79 Å². The van der Waals surface area contributed by atoms with Crippen molar-refractivity contribution in [1.82, 2.24) is 10.2 Å². The van der Waals surface area contributed by atoms with Gasteiger partial charge in [-0.15, -0.1) is 0 Å². The van der Waals surface area contributed by atoms with Crippen molar-refractivity contribution in [2.75, 3.05) is 26.2 Å². The van der Waals surface area contributed by atoms with Crippen LogP contribution in [0.25, 0.3) is 0 Å². The van der Waals surface area contributed by atoms with Gasteiger partial charge < -0.3 is 20.1 Å². The predicted octanol–water partition coefficient (Wildman–Crippen LogP) is 2.25. The fourth-order valence-corrected chi connectivity index (χ4v) is 2.84. The minimum Gasteiger partial charge on any atom is -0.440 e. The number of likely N-dealkylation sites (tertiary alicyclic amines) is 1. The van der Waals surface area contributed by atoms with Crippen LogP contribution in [0.3, 0.4) is 0 Å². The summed E-state index contributed by atoms with van der Waals surface area (Å²) in [6, 6.07) is 9.25. The maximum absolute atomic E-state index is 12.0. The SMILES string of the molecule is O=C(NCC(=O)N1CCC(C(O)c2ccccc2)CC1)OCC(F)(F)F. The van der Waals surface area contributed by atoms with Crippen molar-refractivity contribution in [1.29, 1.82) is 0 Å². The molecular weight excluding hydrogens is 353 g/mol. The molecule has 1 fully saturated rings. The lowest BCUT2D eigenvalue weighted by atomic mass is 9.87. The van der Waals surface area contributed by atoms with E-state index in [9.17, 15) is 27.9 Å². The topological polar surface area (TPSA) is 78.9 Å². The minimum absolute atomic E-state index is 0.0196. The highest BCUT2D eigenvalue weighted by Crippen LogP contribution is 2.30. The summed E-state index contributed by atoms with van der Waals surface area (Å²) in [6.45, 7) is -1.31. The van der Waals surface area contributed by atoms with Crippen LogP contribution in [0.15, 0.2) is 30.3 Å². The fourth-order valence-electron chi connectivity index (χ4n) is 2.84. The zero-order chi connectivity index (χ0) is 19.2. The number of nitrogens with zero attached hydrogens (tertiary/aromatic N) is 1. The molecule has 26 heavy (non-hydrogen) atoms. The van der Waals surface area contributed by atoms with Crippen LogP contribution in [-0.4, -0.2) is 54.4 Å². The summed E-state index contributed by atoms with van der Waals surface area (Å²) < 4.78 is 39.8. The Kier molecular flexibility index (Phi) is 6.84. The third kappa shape index (κ3) is 6.21. The molecule has 0 bridgehead atoms. The van der Waals surface area contributed by atoms with E-state index in [0.717, 1.165) is 5.56 Å². The monoisotopic (exact) mass is 374 g/mol. The molecule has 1 unspecified atom stereocenters. The van der Waals surface area contributed by atoms with Crippen molar-refractivity contribution < 1.29 is 32.6 Å². The highest BCUT2D eigenvalue weighted by molar-refractivity contribution is 5.82. The first kappa shape index (κ1) is 20.0. The number of alkyl halides is 3. The Bertz CT molecular complexity index is 602. The van der Waals surface area contributed by atoms with E-state index in [4.69, 9.17) is 0 Å². The zero-order valence-corrected chi connectivity index (χ0v) is 14.0. The van der Waals surface area contributed by atoms with Crippen molar-refractivity contribution in [2.24, 2.45) is 5.92 Å². The number of piperidine rings is 1. The number of ether oxygens (including phenoxy) is 1. The molecule has 1 aromatic carbocycles. The number of carbonyl (C=O) groups is 2. The van der Waals surface area contributed by atoms with Gasteiger partial charge in [-0.2, -0.15) is 13.2 Å². The average molecular weight is 374 g/mol. The predicted molar refractivity (Wildman–Crippen MR) is 86.1 cm³/mol. The number of amides is 2. The van der Waals surface area contributed by atoms with Crippen LogP contribution in [0, 0.1) is 5.92 Å². The summed E-state index contributed by atoms with van der Waals surface area (Å²) in [7, 11) is 0. The first-order chi connectivity index (χ1) is 12.3. The van der Waals surface area contributed by atoms with Crippen LogP contribution in [0.4, 0.5) is 18.0 Å². The van der Waals surface area contributed by atoms with Crippen LogP contribution in [0.5, 0.6) is 0 Å². The van der Waals surface area contributed by atoms with Crippen molar-refractivity contribution in [2.45, 2.75) is 25.1 Å². The number of halogens is 3. The highest BCUT2D eigenvalue weighted by Gasteiger charge is 2.30. The van der Waals surface area contributed by atoms with E-state index < -0.39 is 37.4 Å². The van der Waals surface area contributed by atoms with Gasteiger partial charge in [0.1, 0.15) is 6.54 Å².